The van der Waals surface area contributed by atoms with Gasteiger partial charge in [-0.15, -0.1) is 0 Å². The number of carboxylic acid groups (broad SMARTS) is 1. The Kier molecular flexibility index (Phi) is 6.56. The molecule has 7 heteroatoms. The van der Waals surface area contributed by atoms with Crippen LogP contribution in [0.5, 0.6) is 0 Å². The first-order valence-corrected chi connectivity index (χ1v) is 11.9. The molecule has 7 nitrogen and oxygen atoms in total. The number of hydrogen-bond donors (Lipinski definition) is 3. The third-order valence-corrected chi connectivity index (χ3v) is 6.42. The van der Waals surface area contributed by atoms with Gasteiger partial charge in [-0.25, -0.2) is 4.79 Å². The van der Waals surface area contributed by atoms with E-state index in [0.29, 0.717) is 17.7 Å². The zero-order valence-corrected chi connectivity index (χ0v) is 19.6. The number of aromatic nitrogens is 2. The Morgan fingerprint density at radius 2 is 1.64 bits per heavy atom. The first-order valence-electron chi connectivity index (χ1n) is 11.9. The van der Waals surface area contributed by atoms with E-state index in [1.54, 1.807) is 42.9 Å². The van der Waals surface area contributed by atoms with E-state index in [9.17, 15) is 14.7 Å². The highest BCUT2D eigenvalue weighted by Gasteiger charge is 2.47. The van der Waals surface area contributed by atoms with Crippen molar-refractivity contribution in [1.82, 2.24) is 15.3 Å². The highest BCUT2D eigenvalue weighted by molar-refractivity contribution is 5.98. The number of anilines is 1. The molecule has 2 heterocycles. The predicted molar refractivity (Wildman–Crippen MR) is 137 cm³/mol. The van der Waals surface area contributed by atoms with Crippen molar-refractivity contribution >= 4 is 17.6 Å². The molecule has 0 aliphatic heterocycles. The average Bonchev–Trinajstić information content (AvgIpc) is 3.70. The van der Waals surface area contributed by atoms with Crippen molar-refractivity contribution in [3.63, 3.8) is 0 Å². The molecule has 4 aromatic rings. The fraction of sp³-hybridized carbons (Fsp3) is 0.172. The van der Waals surface area contributed by atoms with E-state index in [0.717, 1.165) is 29.7 Å². The highest BCUT2D eigenvalue weighted by Crippen LogP contribution is 2.45. The Bertz CT molecular complexity index is 1360. The van der Waals surface area contributed by atoms with Crippen molar-refractivity contribution < 1.29 is 14.7 Å². The van der Waals surface area contributed by atoms with Gasteiger partial charge in [0.25, 0.3) is 0 Å². The fourth-order valence-electron chi connectivity index (χ4n) is 4.40. The molecule has 0 saturated heterocycles. The van der Waals surface area contributed by atoms with Crippen molar-refractivity contribution in [1.29, 1.82) is 0 Å². The lowest BCUT2D eigenvalue weighted by atomic mass is 10.0. The lowest BCUT2D eigenvalue weighted by Crippen LogP contribution is -2.47. The number of rotatable bonds is 9. The number of benzene rings is 2. The third kappa shape index (κ3) is 5.31. The van der Waals surface area contributed by atoms with Crippen LogP contribution in [0.1, 0.15) is 34.5 Å². The maximum Gasteiger partial charge on any atom is 0.335 e. The Labute approximate surface area is 209 Å². The second-order valence-corrected chi connectivity index (χ2v) is 9.01. The van der Waals surface area contributed by atoms with Crippen molar-refractivity contribution in [2.45, 2.75) is 30.8 Å². The molecule has 5 rings (SSSR count). The number of pyridine rings is 2. The van der Waals surface area contributed by atoms with Crippen molar-refractivity contribution in [2.24, 2.45) is 0 Å². The average molecular weight is 479 g/mol. The van der Waals surface area contributed by atoms with E-state index in [4.69, 9.17) is 0 Å². The maximum atomic E-state index is 13.6. The summed E-state index contributed by atoms with van der Waals surface area (Å²) in [5.41, 5.74) is 3.63. The first kappa shape index (κ1) is 23.4. The summed E-state index contributed by atoms with van der Waals surface area (Å²) >= 11 is 0. The summed E-state index contributed by atoms with van der Waals surface area (Å²) in [5, 5.41) is 16.2. The second-order valence-electron chi connectivity index (χ2n) is 9.01. The SMILES string of the molecule is O=C(O)c1cc(NC(=O)C(Cc2ccccc2)NC2(c3ccccn3)CC2)cc(-c2ccncc2)c1. The molecule has 2 aromatic carbocycles. The fourth-order valence-corrected chi connectivity index (χ4v) is 4.40. The number of carboxylic acids is 1. The molecular weight excluding hydrogens is 452 g/mol. The van der Waals surface area contributed by atoms with E-state index in [1.165, 1.54) is 6.07 Å². The number of nitrogens with one attached hydrogen (secondary N) is 2. The standard InChI is InChI=1S/C29H26N4O3/c34-27(32-24-18-22(17-23(19-24)28(35)36)21-9-14-30-15-10-21)25(16-20-6-2-1-3-7-20)33-29(11-12-29)26-8-4-5-13-31-26/h1-10,13-15,17-19,25,33H,11-12,16H2,(H,32,34)(H,35,36). The summed E-state index contributed by atoms with van der Waals surface area (Å²) in [4.78, 5) is 34.0. The molecule has 1 aliphatic carbocycles. The zero-order valence-electron chi connectivity index (χ0n) is 19.6. The van der Waals surface area contributed by atoms with Gasteiger partial charge in [0.2, 0.25) is 5.91 Å². The van der Waals surface area contributed by atoms with Crippen LogP contribution in [0, 0.1) is 0 Å². The van der Waals surface area contributed by atoms with Gasteiger partial charge < -0.3 is 10.4 Å². The van der Waals surface area contributed by atoms with Gasteiger partial charge in [0.15, 0.2) is 0 Å². The smallest absolute Gasteiger partial charge is 0.335 e. The molecule has 1 saturated carbocycles. The summed E-state index contributed by atoms with van der Waals surface area (Å²) in [5.74, 6) is -1.29. The summed E-state index contributed by atoms with van der Waals surface area (Å²) in [6.07, 6.45) is 7.33. The molecule has 0 spiro atoms. The number of hydrogen-bond acceptors (Lipinski definition) is 5. The monoisotopic (exact) mass is 478 g/mol. The van der Waals surface area contributed by atoms with Crippen LogP contribution in [-0.4, -0.2) is 33.0 Å². The lowest BCUT2D eigenvalue weighted by molar-refractivity contribution is -0.118. The van der Waals surface area contributed by atoms with Crippen LogP contribution in [-0.2, 0) is 16.8 Å². The molecule has 2 aromatic heterocycles. The van der Waals surface area contributed by atoms with Gasteiger partial charge in [-0.1, -0.05) is 36.4 Å². The van der Waals surface area contributed by atoms with Crippen LogP contribution in [0.15, 0.2) is 97.5 Å². The third-order valence-electron chi connectivity index (χ3n) is 6.42. The number of carbonyl (C=O) groups excluding carboxylic acids is 1. The van der Waals surface area contributed by atoms with Gasteiger partial charge in [-0.2, -0.15) is 0 Å². The molecule has 1 atom stereocenters. The van der Waals surface area contributed by atoms with Crippen molar-refractivity contribution in [3.05, 3.63) is 114 Å². The summed E-state index contributed by atoms with van der Waals surface area (Å²) in [6.45, 7) is 0. The largest absolute Gasteiger partial charge is 0.478 e. The normalized spacial score (nSPS) is 14.6. The molecule has 3 N–H and O–H groups in total. The molecule has 0 radical (unpaired) electrons. The minimum absolute atomic E-state index is 0.0966. The Balaban J connectivity index is 1.44. The van der Waals surface area contributed by atoms with Crippen molar-refractivity contribution in [3.8, 4) is 11.1 Å². The molecule has 0 bridgehead atoms. The predicted octanol–water partition coefficient (Wildman–Crippen LogP) is 4.67. The number of carbonyl (C=O) groups is 2. The lowest BCUT2D eigenvalue weighted by Gasteiger charge is -2.25. The number of aromatic carboxylic acids is 1. The van der Waals surface area contributed by atoms with Gasteiger partial charge in [0, 0.05) is 24.3 Å². The van der Waals surface area contributed by atoms with E-state index in [1.807, 2.05) is 48.5 Å². The van der Waals surface area contributed by atoms with E-state index < -0.39 is 12.0 Å². The van der Waals surface area contributed by atoms with E-state index in [-0.39, 0.29) is 17.0 Å². The topological polar surface area (TPSA) is 104 Å². The molecule has 1 aliphatic rings. The maximum absolute atomic E-state index is 13.6. The van der Waals surface area contributed by atoms with Crippen molar-refractivity contribution in [2.75, 3.05) is 5.32 Å². The van der Waals surface area contributed by atoms with Crippen LogP contribution in [0.4, 0.5) is 5.69 Å². The zero-order chi connectivity index (χ0) is 25.0. The molecule has 1 amide bonds. The molecule has 36 heavy (non-hydrogen) atoms. The molecule has 1 unspecified atom stereocenters. The second kappa shape index (κ2) is 10.1. The Morgan fingerprint density at radius 1 is 0.889 bits per heavy atom. The number of amides is 1. The van der Waals surface area contributed by atoms with Crippen LogP contribution in [0.2, 0.25) is 0 Å². The van der Waals surface area contributed by atoms with Gasteiger partial charge >= 0.3 is 5.97 Å². The molecular formula is C29H26N4O3. The molecule has 180 valence electrons. The van der Waals surface area contributed by atoms with Gasteiger partial charge in [-0.3, -0.25) is 20.1 Å². The van der Waals surface area contributed by atoms with Crippen LogP contribution in [0.25, 0.3) is 11.1 Å². The quantitative estimate of drug-likeness (QED) is 0.323. The van der Waals surface area contributed by atoms with E-state index >= 15 is 0 Å². The highest BCUT2D eigenvalue weighted by atomic mass is 16.4. The van der Waals surface area contributed by atoms with Gasteiger partial charge in [0.05, 0.1) is 22.8 Å². The van der Waals surface area contributed by atoms with Crippen LogP contribution < -0.4 is 10.6 Å². The van der Waals surface area contributed by atoms with Gasteiger partial charge in [0.1, 0.15) is 0 Å². The summed E-state index contributed by atoms with van der Waals surface area (Å²) < 4.78 is 0. The summed E-state index contributed by atoms with van der Waals surface area (Å²) in [6, 6.07) is 23.6. The molecule has 1 fully saturated rings. The minimum Gasteiger partial charge on any atom is -0.478 e. The summed E-state index contributed by atoms with van der Waals surface area (Å²) in [7, 11) is 0. The van der Waals surface area contributed by atoms with E-state index in [2.05, 4.69) is 20.6 Å². The van der Waals surface area contributed by atoms with Gasteiger partial charge in [-0.05, 0) is 78.4 Å². The Morgan fingerprint density at radius 3 is 2.31 bits per heavy atom. The number of nitrogens with zero attached hydrogens (tertiary/aromatic N) is 2. The van der Waals surface area contributed by atoms with Crippen LogP contribution >= 0.6 is 0 Å². The Hall–Kier alpha value is -4.36. The van der Waals surface area contributed by atoms with Crippen LogP contribution in [0.3, 0.4) is 0 Å². The first-order chi connectivity index (χ1) is 17.5. The minimum atomic E-state index is -1.06.